The number of nitro groups is 1. The first-order valence-electron chi connectivity index (χ1n) is 9.14. The smallest absolute Gasteiger partial charge is 0.357 e. The molecule has 0 spiro atoms. The largest absolute Gasteiger partial charge is 0.476 e. The summed E-state index contributed by atoms with van der Waals surface area (Å²) in [7, 11) is 0. The molecule has 3 aromatic rings. The number of non-ortho nitro benzene ring substituents is 1. The SMILES string of the molecule is Cc1ccc(-n2nc(C(=O)O)c(/C=C\c3cc([N+](=O)[O-])ccc3Cl)c(C#N)c2=O)cc1C. The van der Waals surface area contributed by atoms with Gasteiger partial charge in [0, 0.05) is 22.7 Å². The topological polar surface area (TPSA) is 139 Å². The van der Waals surface area contributed by atoms with E-state index in [0.29, 0.717) is 5.69 Å². The highest BCUT2D eigenvalue weighted by atomic mass is 35.5. The fourth-order valence-electron chi connectivity index (χ4n) is 2.94. The third-order valence-electron chi connectivity index (χ3n) is 4.80. The van der Waals surface area contributed by atoms with Crippen LogP contribution in [0.1, 0.15) is 38.3 Å². The molecule has 0 fully saturated rings. The van der Waals surface area contributed by atoms with Gasteiger partial charge in [-0.05, 0) is 48.7 Å². The van der Waals surface area contributed by atoms with Gasteiger partial charge in [0.25, 0.3) is 11.2 Å². The van der Waals surface area contributed by atoms with Crippen molar-refractivity contribution in [1.82, 2.24) is 9.78 Å². The monoisotopic (exact) mass is 450 g/mol. The van der Waals surface area contributed by atoms with Crippen LogP contribution < -0.4 is 5.56 Å². The van der Waals surface area contributed by atoms with Crippen molar-refractivity contribution in [2.24, 2.45) is 0 Å². The minimum absolute atomic E-state index is 0.165. The number of carbonyl (C=O) groups is 1. The van der Waals surface area contributed by atoms with E-state index in [9.17, 15) is 30.1 Å². The van der Waals surface area contributed by atoms with E-state index in [1.165, 1.54) is 30.4 Å². The Morgan fingerprint density at radius 1 is 1.22 bits per heavy atom. The van der Waals surface area contributed by atoms with Crippen LogP contribution in [-0.2, 0) is 0 Å². The minimum atomic E-state index is -1.45. The molecule has 0 unspecified atom stereocenters. The molecule has 2 aromatic carbocycles. The van der Waals surface area contributed by atoms with Crippen molar-refractivity contribution in [3.8, 4) is 11.8 Å². The molecule has 9 nitrogen and oxygen atoms in total. The molecule has 1 heterocycles. The predicted octanol–water partition coefficient (Wildman–Crippen LogP) is 4.15. The summed E-state index contributed by atoms with van der Waals surface area (Å²) < 4.78 is 0.867. The number of carboxylic acid groups (broad SMARTS) is 1. The summed E-state index contributed by atoms with van der Waals surface area (Å²) in [5.74, 6) is -1.45. The van der Waals surface area contributed by atoms with Gasteiger partial charge in [-0.2, -0.15) is 15.0 Å². The van der Waals surface area contributed by atoms with Gasteiger partial charge in [-0.3, -0.25) is 14.9 Å². The van der Waals surface area contributed by atoms with Crippen molar-refractivity contribution in [2.75, 3.05) is 0 Å². The summed E-state index contributed by atoms with van der Waals surface area (Å²) in [4.78, 5) is 35.2. The summed E-state index contributed by atoms with van der Waals surface area (Å²) in [6, 6.07) is 10.5. The zero-order valence-electron chi connectivity index (χ0n) is 16.9. The second kappa shape index (κ2) is 8.83. The molecule has 0 aliphatic carbocycles. The van der Waals surface area contributed by atoms with E-state index in [2.05, 4.69) is 5.10 Å². The van der Waals surface area contributed by atoms with Gasteiger partial charge in [0.15, 0.2) is 5.69 Å². The molecular formula is C22H15ClN4O5. The summed E-state index contributed by atoms with van der Waals surface area (Å²) in [6.07, 6.45) is 2.48. The van der Waals surface area contributed by atoms with Crippen LogP contribution in [0.4, 0.5) is 5.69 Å². The molecule has 0 saturated carbocycles. The molecule has 0 radical (unpaired) electrons. The molecule has 0 saturated heterocycles. The average molecular weight is 451 g/mol. The fraction of sp³-hybridized carbons (Fsp3) is 0.0909. The van der Waals surface area contributed by atoms with Crippen LogP contribution in [0.5, 0.6) is 0 Å². The first-order valence-corrected chi connectivity index (χ1v) is 9.52. The third kappa shape index (κ3) is 4.26. The van der Waals surface area contributed by atoms with Crippen molar-refractivity contribution in [3.05, 3.63) is 95.4 Å². The Balaban J connectivity index is 2.23. The number of halogens is 1. The Morgan fingerprint density at radius 2 is 1.94 bits per heavy atom. The first-order chi connectivity index (χ1) is 15.1. The maximum Gasteiger partial charge on any atom is 0.357 e. The van der Waals surface area contributed by atoms with E-state index >= 15 is 0 Å². The van der Waals surface area contributed by atoms with E-state index in [1.54, 1.807) is 24.3 Å². The van der Waals surface area contributed by atoms with Crippen LogP contribution in [0.3, 0.4) is 0 Å². The van der Waals surface area contributed by atoms with Gasteiger partial charge < -0.3 is 5.11 Å². The number of aromatic nitrogens is 2. The van der Waals surface area contributed by atoms with E-state index in [4.69, 9.17) is 11.6 Å². The van der Waals surface area contributed by atoms with Gasteiger partial charge in [0.05, 0.1) is 10.6 Å². The number of aryl methyl sites for hydroxylation is 2. The number of nitro benzene ring substituents is 1. The van der Waals surface area contributed by atoms with Crippen LogP contribution >= 0.6 is 11.6 Å². The summed E-state index contributed by atoms with van der Waals surface area (Å²) in [5, 5.41) is 34.4. The second-order valence-electron chi connectivity index (χ2n) is 6.84. The van der Waals surface area contributed by atoms with Gasteiger partial charge in [-0.15, -0.1) is 0 Å². The van der Waals surface area contributed by atoms with Crippen LogP contribution in [0, 0.1) is 35.3 Å². The number of aromatic carboxylic acids is 1. The molecule has 0 atom stereocenters. The predicted molar refractivity (Wildman–Crippen MR) is 118 cm³/mol. The Kier molecular flexibility index (Phi) is 6.18. The molecule has 0 amide bonds. The second-order valence-corrected chi connectivity index (χ2v) is 7.24. The van der Waals surface area contributed by atoms with E-state index in [0.717, 1.165) is 15.8 Å². The number of nitriles is 1. The summed E-state index contributed by atoms with van der Waals surface area (Å²) >= 11 is 6.07. The van der Waals surface area contributed by atoms with E-state index in [1.807, 2.05) is 13.8 Å². The zero-order chi connectivity index (χ0) is 23.6. The van der Waals surface area contributed by atoms with Gasteiger partial charge in [-0.25, -0.2) is 4.79 Å². The van der Waals surface area contributed by atoms with E-state index < -0.39 is 27.7 Å². The maximum atomic E-state index is 12.9. The van der Waals surface area contributed by atoms with Crippen LogP contribution in [0.2, 0.25) is 5.02 Å². The highest BCUT2D eigenvalue weighted by molar-refractivity contribution is 6.32. The number of carboxylic acids is 1. The fourth-order valence-corrected chi connectivity index (χ4v) is 3.13. The molecule has 1 aromatic heterocycles. The highest BCUT2D eigenvalue weighted by Crippen LogP contribution is 2.25. The lowest BCUT2D eigenvalue weighted by molar-refractivity contribution is -0.384. The average Bonchev–Trinajstić information content (AvgIpc) is 2.74. The van der Waals surface area contributed by atoms with Crippen molar-refractivity contribution >= 4 is 35.4 Å². The normalized spacial score (nSPS) is 10.8. The lowest BCUT2D eigenvalue weighted by atomic mass is 10.1. The Bertz CT molecular complexity index is 1400. The number of hydrogen-bond donors (Lipinski definition) is 1. The minimum Gasteiger partial charge on any atom is -0.476 e. The number of nitrogens with zero attached hydrogens (tertiary/aromatic N) is 4. The Morgan fingerprint density at radius 3 is 2.53 bits per heavy atom. The molecule has 32 heavy (non-hydrogen) atoms. The van der Waals surface area contributed by atoms with E-state index in [-0.39, 0.29) is 21.8 Å². The molecule has 0 aliphatic rings. The number of benzene rings is 2. The van der Waals surface area contributed by atoms with Crippen LogP contribution in [-0.4, -0.2) is 25.8 Å². The lowest BCUT2D eigenvalue weighted by Crippen LogP contribution is -2.28. The summed E-state index contributed by atoms with van der Waals surface area (Å²) in [6.45, 7) is 3.71. The van der Waals surface area contributed by atoms with Crippen molar-refractivity contribution in [2.45, 2.75) is 13.8 Å². The van der Waals surface area contributed by atoms with Gasteiger partial charge in [0.2, 0.25) is 0 Å². The lowest BCUT2D eigenvalue weighted by Gasteiger charge is -2.11. The molecule has 10 heteroatoms. The van der Waals surface area contributed by atoms with Crippen LogP contribution in [0.15, 0.2) is 41.2 Å². The quantitative estimate of drug-likeness (QED) is 0.454. The molecule has 160 valence electrons. The van der Waals surface area contributed by atoms with Crippen LogP contribution in [0.25, 0.3) is 17.8 Å². The van der Waals surface area contributed by atoms with Gasteiger partial charge in [-0.1, -0.05) is 29.8 Å². The Hall–Kier alpha value is -4.29. The zero-order valence-corrected chi connectivity index (χ0v) is 17.6. The van der Waals surface area contributed by atoms with Crippen molar-refractivity contribution in [1.29, 1.82) is 5.26 Å². The maximum absolute atomic E-state index is 12.9. The molecule has 0 bridgehead atoms. The number of rotatable bonds is 5. The summed E-state index contributed by atoms with van der Waals surface area (Å²) in [5.41, 5.74) is 0.124. The molecule has 3 rings (SSSR count). The first kappa shape index (κ1) is 22.4. The van der Waals surface area contributed by atoms with Gasteiger partial charge >= 0.3 is 5.97 Å². The molecular weight excluding hydrogens is 436 g/mol. The third-order valence-corrected chi connectivity index (χ3v) is 5.14. The Labute approximate surface area is 186 Å². The van der Waals surface area contributed by atoms with Gasteiger partial charge in [0.1, 0.15) is 11.6 Å². The number of hydrogen-bond acceptors (Lipinski definition) is 6. The van der Waals surface area contributed by atoms with Crippen molar-refractivity contribution < 1.29 is 14.8 Å². The highest BCUT2D eigenvalue weighted by Gasteiger charge is 2.21. The molecule has 1 N–H and O–H groups in total. The molecule has 0 aliphatic heterocycles. The van der Waals surface area contributed by atoms with Crippen molar-refractivity contribution in [3.63, 3.8) is 0 Å². The standard InChI is InChI=1S/C22H15ClN4O5/c1-12-3-5-15(9-13(12)2)26-21(28)18(11-24)17(20(25-26)22(29)30)7-4-14-10-16(27(31)32)6-8-19(14)23/h3-10H,1-2H3,(H,29,30)/b7-4-.